The fourth-order valence-electron chi connectivity index (χ4n) is 1.86. The second kappa shape index (κ2) is 5.91. The molecule has 1 atom stereocenters. The number of carbonyl (C=O) groups is 1. The van der Waals surface area contributed by atoms with Crippen molar-refractivity contribution < 1.29 is 46.1 Å². The zero-order valence-electron chi connectivity index (χ0n) is 11.8. The predicted molar refractivity (Wildman–Crippen MR) is 65.1 cm³/mol. The number of hydrogen-bond acceptors (Lipinski definition) is 3. The van der Waals surface area contributed by atoms with Gasteiger partial charge in [0.05, 0.1) is 0 Å². The summed E-state index contributed by atoms with van der Waals surface area (Å²) in [4.78, 5) is 10.4. The van der Waals surface area contributed by atoms with Gasteiger partial charge in [-0.25, -0.2) is 4.79 Å². The summed E-state index contributed by atoms with van der Waals surface area (Å²) in [6, 6.07) is 0.973. The van der Waals surface area contributed by atoms with E-state index >= 15 is 0 Å². The highest BCUT2D eigenvalue weighted by atomic mass is 19.4. The maximum absolute atomic E-state index is 13.8. The van der Waals surface area contributed by atoms with Gasteiger partial charge in [0, 0.05) is 5.56 Å². The van der Waals surface area contributed by atoms with E-state index < -0.39 is 36.1 Å². The second-order valence-corrected chi connectivity index (χ2v) is 4.82. The van der Waals surface area contributed by atoms with E-state index in [1.54, 1.807) is 0 Å². The van der Waals surface area contributed by atoms with Crippen LogP contribution in [0.2, 0.25) is 0 Å². The molecule has 10 heteroatoms. The minimum atomic E-state index is -6.21. The van der Waals surface area contributed by atoms with Crippen LogP contribution in [-0.4, -0.2) is 34.8 Å². The minimum absolute atomic E-state index is 0.138. The van der Waals surface area contributed by atoms with Crippen LogP contribution < -0.4 is 4.74 Å². The lowest BCUT2D eigenvalue weighted by molar-refractivity contribution is -0.390. The maximum Gasteiger partial charge on any atom is 0.455 e. The third-order valence-corrected chi connectivity index (χ3v) is 2.95. The van der Waals surface area contributed by atoms with Crippen LogP contribution in [0.15, 0.2) is 12.1 Å². The quantitative estimate of drug-likeness (QED) is 0.804. The van der Waals surface area contributed by atoms with Gasteiger partial charge >= 0.3 is 23.9 Å². The monoisotopic (exact) mass is 346 g/mol. The number of ether oxygens (including phenoxy) is 1. The summed E-state index contributed by atoms with van der Waals surface area (Å²) >= 11 is 0. The highest BCUT2D eigenvalue weighted by Crippen LogP contribution is 2.49. The number of aliphatic hydroxyl groups is 1. The number of aliphatic carboxylic acids is 1. The Kier molecular flexibility index (Phi) is 4.90. The molecule has 23 heavy (non-hydrogen) atoms. The van der Waals surface area contributed by atoms with Gasteiger partial charge in [-0.05, 0) is 37.1 Å². The molecule has 0 fully saturated rings. The zero-order valence-corrected chi connectivity index (χ0v) is 11.8. The number of benzene rings is 1. The van der Waals surface area contributed by atoms with Crippen LogP contribution in [0.25, 0.3) is 0 Å². The molecule has 0 aliphatic carbocycles. The van der Waals surface area contributed by atoms with E-state index in [-0.39, 0.29) is 16.9 Å². The van der Waals surface area contributed by atoms with E-state index in [9.17, 15) is 31.1 Å². The van der Waals surface area contributed by atoms with Crippen LogP contribution in [0.3, 0.4) is 0 Å². The van der Waals surface area contributed by atoms with E-state index in [4.69, 9.17) is 14.9 Å². The summed E-state index contributed by atoms with van der Waals surface area (Å²) in [5.74, 6) is -12.5. The van der Waals surface area contributed by atoms with E-state index in [1.165, 1.54) is 0 Å². The highest BCUT2D eigenvalue weighted by molar-refractivity contribution is 5.68. The smallest absolute Gasteiger partial charge is 0.455 e. The molecule has 2 N–H and O–H groups in total. The van der Waals surface area contributed by atoms with Gasteiger partial charge in [0.15, 0.2) is 6.61 Å². The Bertz CT molecular complexity index is 586. The fraction of sp³-hybridized carbons (Fsp3) is 0.462. The summed E-state index contributed by atoms with van der Waals surface area (Å²) < 4.78 is 82.5. The van der Waals surface area contributed by atoms with Crippen molar-refractivity contribution in [3.8, 4) is 5.75 Å². The van der Waals surface area contributed by atoms with Gasteiger partial charge in [-0.3, -0.25) is 0 Å². The molecule has 1 rings (SSSR count). The first kappa shape index (κ1) is 19.1. The van der Waals surface area contributed by atoms with Gasteiger partial charge < -0.3 is 14.9 Å². The number of carboxylic acid groups (broad SMARTS) is 1. The van der Waals surface area contributed by atoms with E-state index in [0.717, 1.165) is 13.8 Å². The molecule has 0 spiro atoms. The number of aryl methyl sites for hydroxylation is 2. The Morgan fingerprint density at radius 1 is 1.09 bits per heavy atom. The SMILES string of the molecule is Cc1cc(C(F)(F)C(O)(F)C(F)(F)F)cc(C)c1OCC(=O)O. The molecule has 1 unspecified atom stereocenters. The molecule has 0 saturated heterocycles. The molecule has 0 radical (unpaired) electrons. The van der Waals surface area contributed by atoms with Gasteiger partial charge in [-0.2, -0.15) is 26.3 Å². The predicted octanol–water partition coefficient (Wildman–Crippen LogP) is 3.08. The normalized spacial score (nSPS) is 15.2. The number of carboxylic acids is 1. The topological polar surface area (TPSA) is 66.8 Å². The summed E-state index contributed by atoms with van der Waals surface area (Å²) in [7, 11) is 0. The molecule has 130 valence electrons. The number of alkyl halides is 6. The van der Waals surface area contributed by atoms with Crippen molar-refractivity contribution in [2.24, 2.45) is 0 Å². The number of hydrogen-bond donors (Lipinski definition) is 2. The molecule has 1 aromatic rings. The van der Waals surface area contributed by atoms with Crippen molar-refractivity contribution in [2.75, 3.05) is 6.61 Å². The van der Waals surface area contributed by atoms with Crippen LogP contribution in [0, 0.1) is 13.8 Å². The summed E-state index contributed by atoms with van der Waals surface area (Å²) in [5, 5.41) is 17.1. The van der Waals surface area contributed by atoms with E-state index in [1.807, 2.05) is 0 Å². The van der Waals surface area contributed by atoms with Crippen molar-refractivity contribution in [1.29, 1.82) is 0 Å². The largest absolute Gasteiger partial charge is 0.481 e. The Hall–Kier alpha value is -1.97. The molecule has 0 saturated carbocycles. The Morgan fingerprint density at radius 2 is 1.52 bits per heavy atom. The van der Waals surface area contributed by atoms with Crippen molar-refractivity contribution in [2.45, 2.75) is 31.8 Å². The highest BCUT2D eigenvalue weighted by Gasteiger charge is 2.71. The average Bonchev–Trinajstić information content (AvgIpc) is 2.35. The van der Waals surface area contributed by atoms with Gasteiger partial charge in [-0.15, -0.1) is 0 Å². The molecular weight excluding hydrogens is 334 g/mol. The van der Waals surface area contributed by atoms with Crippen molar-refractivity contribution >= 4 is 5.97 Å². The average molecular weight is 346 g/mol. The Labute approximate surface area is 126 Å². The van der Waals surface area contributed by atoms with Crippen molar-refractivity contribution in [3.63, 3.8) is 0 Å². The maximum atomic E-state index is 13.8. The molecule has 0 amide bonds. The zero-order chi connectivity index (χ0) is 18.2. The van der Waals surface area contributed by atoms with Crippen LogP contribution in [0.1, 0.15) is 16.7 Å². The van der Waals surface area contributed by atoms with Gasteiger partial charge in [-0.1, -0.05) is 0 Å². The second-order valence-electron chi connectivity index (χ2n) is 4.82. The first-order valence-corrected chi connectivity index (χ1v) is 6.04. The Balaban J connectivity index is 3.32. The third kappa shape index (κ3) is 3.52. The van der Waals surface area contributed by atoms with Crippen LogP contribution in [-0.2, 0) is 10.7 Å². The van der Waals surface area contributed by atoms with Crippen LogP contribution >= 0.6 is 0 Å². The lowest BCUT2D eigenvalue weighted by Crippen LogP contribution is -2.53. The lowest BCUT2D eigenvalue weighted by Gasteiger charge is -2.31. The third-order valence-electron chi connectivity index (χ3n) is 2.95. The molecule has 0 aliphatic heterocycles. The first-order valence-electron chi connectivity index (χ1n) is 6.04. The first-order chi connectivity index (χ1) is 10.2. The lowest BCUT2D eigenvalue weighted by atomic mass is 9.96. The summed E-state index contributed by atoms with van der Waals surface area (Å²) in [6.45, 7) is 1.52. The number of halogens is 6. The molecular formula is C13H12F6O4. The Morgan fingerprint density at radius 3 is 1.87 bits per heavy atom. The molecule has 0 aliphatic rings. The van der Waals surface area contributed by atoms with E-state index in [0.29, 0.717) is 12.1 Å². The van der Waals surface area contributed by atoms with Gasteiger partial charge in [0.2, 0.25) is 0 Å². The standard InChI is InChI=1S/C13H12F6O4/c1-6-3-8(4-7(2)10(6)23-5-9(20)21)11(14,15)12(16,22)13(17,18)19/h3-4,22H,5H2,1-2H3,(H,20,21). The molecule has 4 nitrogen and oxygen atoms in total. The van der Waals surface area contributed by atoms with Crippen LogP contribution in [0.4, 0.5) is 26.3 Å². The molecule has 0 aromatic heterocycles. The van der Waals surface area contributed by atoms with Gasteiger partial charge in [0.1, 0.15) is 5.75 Å². The summed E-state index contributed by atoms with van der Waals surface area (Å²) in [6.07, 6.45) is -6.21. The number of rotatable bonds is 5. The fourth-order valence-corrected chi connectivity index (χ4v) is 1.86. The van der Waals surface area contributed by atoms with Crippen molar-refractivity contribution in [1.82, 2.24) is 0 Å². The molecule has 1 aromatic carbocycles. The van der Waals surface area contributed by atoms with E-state index in [2.05, 4.69) is 0 Å². The molecule has 0 heterocycles. The van der Waals surface area contributed by atoms with Crippen molar-refractivity contribution in [3.05, 3.63) is 28.8 Å². The van der Waals surface area contributed by atoms with Crippen LogP contribution in [0.5, 0.6) is 5.75 Å². The molecule has 0 bridgehead atoms. The van der Waals surface area contributed by atoms with Gasteiger partial charge in [0.25, 0.3) is 0 Å². The summed E-state index contributed by atoms with van der Waals surface area (Å²) in [5.41, 5.74) is -1.70. The minimum Gasteiger partial charge on any atom is -0.481 e.